The van der Waals surface area contributed by atoms with Gasteiger partial charge >= 0.3 is 0 Å². The number of nitrogens with zero attached hydrogens (tertiary/aromatic N) is 2. The first-order valence-corrected chi connectivity index (χ1v) is 10.0. The predicted molar refractivity (Wildman–Crippen MR) is 97.9 cm³/mol. The third kappa shape index (κ3) is 3.83. The molecule has 0 aliphatic rings. The summed E-state index contributed by atoms with van der Waals surface area (Å²) in [5.41, 5.74) is 1.20. The molecule has 0 fully saturated rings. The van der Waals surface area contributed by atoms with Gasteiger partial charge in [-0.25, -0.2) is 17.7 Å². The number of benzene rings is 2. The van der Waals surface area contributed by atoms with E-state index in [1.54, 1.807) is 35.8 Å². The Bertz CT molecular complexity index is 849. The average molecular weight is 358 g/mol. The van der Waals surface area contributed by atoms with Gasteiger partial charge in [-0.1, -0.05) is 48.5 Å². The summed E-state index contributed by atoms with van der Waals surface area (Å²) in [5.74, 6) is 0. The molecule has 124 valence electrons. The molecular weight excluding hydrogens is 340 g/mol. The van der Waals surface area contributed by atoms with Crippen molar-refractivity contribution in [2.45, 2.75) is 17.7 Å². The Balaban J connectivity index is 1.80. The maximum absolute atomic E-state index is 13.0. The normalized spacial score (nSPS) is 11.3. The van der Waals surface area contributed by atoms with Crippen molar-refractivity contribution in [3.05, 3.63) is 77.8 Å². The number of rotatable bonds is 7. The minimum absolute atomic E-state index is 0.292. The summed E-state index contributed by atoms with van der Waals surface area (Å²) in [6, 6.07) is 18.6. The van der Waals surface area contributed by atoms with Crippen molar-refractivity contribution in [3.8, 4) is 0 Å². The highest BCUT2D eigenvalue weighted by molar-refractivity contribution is 7.93. The molecule has 0 N–H and O–H groups in total. The first kappa shape index (κ1) is 16.7. The quantitative estimate of drug-likeness (QED) is 0.642. The van der Waals surface area contributed by atoms with Gasteiger partial charge in [0, 0.05) is 18.1 Å². The number of hydrogen-bond donors (Lipinski definition) is 0. The second-order valence-corrected chi connectivity index (χ2v) is 8.03. The van der Waals surface area contributed by atoms with E-state index in [0.29, 0.717) is 16.6 Å². The van der Waals surface area contributed by atoms with Crippen molar-refractivity contribution in [1.82, 2.24) is 4.98 Å². The highest BCUT2D eigenvalue weighted by Gasteiger charge is 2.26. The molecule has 0 radical (unpaired) electrons. The van der Waals surface area contributed by atoms with Crippen LogP contribution < -0.4 is 4.31 Å². The molecular formula is C18H18N2O2S2. The second-order valence-electron chi connectivity index (χ2n) is 5.29. The van der Waals surface area contributed by atoms with Gasteiger partial charge in [-0.3, -0.25) is 0 Å². The van der Waals surface area contributed by atoms with Gasteiger partial charge in [-0.15, -0.1) is 11.3 Å². The number of hydrogen-bond acceptors (Lipinski definition) is 4. The van der Waals surface area contributed by atoms with Gasteiger partial charge in [0.15, 0.2) is 5.13 Å². The Morgan fingerprint density at radius 3 is 2.25 bits per heavy atom. The average Bonchev–Trinajstić information content (AvgIpc) is 3.14. The summed E-state index contributed by atoms with van der Waals surface area (Å²) in [6.07, 6.45) is 3.19. The Labute approximate surface area is 146 Å². The summed E-state index contributed by atoms with van der Waals surface area (Å²) >= 11 is 1.33. The van der Waals surface area contributed by atoms with Crippen LogP contribution in [0.1, 0.15) is 12.0 Å². The van der Waals surface area contributed by atoms with Crippen molar-refractivity contribution in [3.63, 3.8) is 0 Å². The minimum Gasteiger partial charge on any atom is -0.241 e. The Morgan fingerprint density at radius 1 is 0.958 bits per heavy atom. The SMILES string of the molecule is O=S(=O)(c1ccccc1)N(CCCc1ccccc1)c1nccs1. The topological polar surface area (TPSA) is 50.3 Å². The van der Waals surface area contributed by atoms with E-state index in [9.17, 15) is 8.42 Å². The molecule has 1 aromatic heterocycles. The molecule has 0 saturated carbocycles. The third-order valence-electron chi connectivity index (χ3n) is 3.63. The first-order chi connectivity index (χ1) is 11.7. The summed E-state index contributed by atoms with van der Waals surface area (Å²) < 4.78 is 27.3. The van der Waals surface area contributed by atoms with E-state index in [1.165, 1.54) is 21.2 Å². The molecule has 1 heterocycles. The number of aromatic nitrogens is 1. The fourth-order valence-electron chi connectivity index (χ4n) is 2.45. The van der Waals surface area contributed by atoms with Gasteiger partial charge in [0.2, 0.25) is 0 Å². The lowest BCUT2D eigenvalue weighted by molar-refractivity contribution is 0.589. The van der Waals surface area contributed by atoms with Crippen molar-refractivity contribution in [1.29, 1.82) is 0 Å². The predicted octanol–water partition coefficient (Wildman–Crippen LogP) is 3.97. The second kappa shape index (κ2) is 7.59. The van der Waals surface area contributed by atoms with Gasteiger partial charge in [0.05, 0.1) is 4.90 Å². The van der Waals surface area contributed by atoms with E-state index >= 15 is 0 Å². The lowest BCUT2D eigenvalue weighted by Gasteiger charge is -2.21. The zero-order valence-corrected chi connectivity index (χ0v) is 14.7. The van der Waals surface area contributed by atoms with Crippen LogP contribution in [0.15, 0.2) is 77.1 Å². The number of anilines is 1. The van der Waals surface area contributed by atoms with Gasteiger partial charge in [-0.2, -0.15) is 0 Å². The van der Waals surface area contributed by atoms with E-state index in [1.807, 2.05) is 24.3 Å². The van der Waals surface area contributed by atoms with Gasteiger partial charge in [0.1, 0.15) is 0 Å². The van der Waals surface area contributed by atoms with Crippen molar-refractivity contribution in [2.24, 2.45) is 0 Å². The Hall–Kier alpha value is -2.18. The molecule has 0 unspecified atom stereocenters. The summed E-state index contributed by atoms with van der Waals surface area (Å²) in [6.45, 7) is 0.402. The summed E-state index contributed by atoms with van der Waals surface area (Å²) in [4.78, 5) is 4.49. The van der Waals surface area contributed by atoms with Crippen LogP contribution in [0.4, 0.5) is 5.13 Å². The molecule has 0 bridgehead atoms. The molecule has 3 aromatic rings. The zero-order valence-electron chi connectivity index (χ0n) is 13.1. The van der Waals surface area contributed by atoms with E-state index in [-0.39, 0.29) is 0 Å². The van der Waals surface area contributed by atoms with Crippen LogP contribution in [0.3, 0.4) is 0 Å². The number of aryl methyl sites for hydroxylation is 1. The van der Waals surface area contributed by atoms with Gasteiger partial charge < -0.3 is 0 Å². The van der Waals surface area contributed by atoms with Crippen molar-refractivity contribution >= 4 is 26.5 Å². The van der Waals surface area contributed by atoms with E-state index in [4.69, 9.17) is 0 Å². The smallest absolute Gasteiger partial charge is 0.241 e. The lowest BCUT2D eigenvalue weighted by Crippen LogP contribution is -2.32. The zero-order chi connectivity index (χ0) is 16.8. The van der Waals surface area contributed by atoms with E-state index in [2.05, 4.69) is 17.1 Å². The molecule has 24 heavy (non-hydrogen) atoms. The van der Waals surface area contributed by atoms with E-state index in [0.717, 1.165) is 12.8 Å². The fourth-order valence-corrected chi connectivity index (χ4v) is 4.82. The van der Waals surface area contributed by atoms with Gasteiger partial charge in [0.25, 0.3) is 10.0 Å². The highest BCUT2D eigenvalue weighted by Crippen LogP contribution is 2.26. The molecule has 2 aromatic carbocycles. The monoisotopic (exact) mass is 358 g/mol. The Kier molecular flexibility index (Phi) is 5.27. The van der Waals surface area contributed by atoms with Crippen LogP contribution in [0, 0.1) is 0 Å². The van der Waals surface area contributed by atoms with Crippen molar-refractivity contribution < 1.29 is 8.42 Å². The molecule has 0 aliphatic heterocycles. The van der Waals surface area contributed by atoms with Crippen LogP contribution in [0.2, 0.25) is 0 Å². The maximum atomic E-state index is 13.0. The molecule has 4 nitrogen and oxygen atoms in total. The van der Waals surface area contributed by atoms with Crippen LogP contribution in [0.25, 0.3) is 0 Å². The molecule has 0 amide bonds. The van der Waals surface area contributed by atoms with Crippen LogP contribution in [-0.2, 0) is 16.4 Å². The standard InChI is InChI=1S/C18H18N2O2S2/c21-24(22,17-11-5-2-6-12-17)20(18-19-13-15-23-18)14-7-10-16-8-3-1-4-9-16/h1-6,8-9,11-13,15H,7,10,14H2. The maximum Gasteiger partial charge on any atom is 0.266 e. The lowest BCUT2D eigenvalue weighted by atomic mass is 10.1. The molecule has 0 aliphatic carbocycles. The summed E-state index contributed by atoms with van der Waals surface area (Å²) in [5, 5.41) is 2.30. The molecule has 0 atom stereocenters. The largest absolute Gasteiger partial charge is 0.266 e. The number of sulfonamides is 1. The molecule has 0 spiro atoms. The molecule has 0 saturated heterocycles. The van der Waals surface area contributed by atoms with Gasteiger partial charge in [-0.05, 0) is 30.5 Å². The van der Waals surface area contributed by atoms with Crippen LogP contribution >= 0.6 is 11.3 Å². The first-order valence-electron chi connectivity index (χ1n) is 7.69. The summed E-state index contributed by atoms with van der Waals surface area (Å²) in [7, 11) is -3.60. The fraction of sp³-hybridized carbons (Fsp3) is 0.167. The Morgan fingerprint density at radius 2 is 1.62 bits per heavy atom. The number of thiazole rings is 1. The van der Waals surface area contributed by atoms with Crippen LogP contribution in [0.5, 0.6) is 0 Å². The molecule has 3 rings (SSSR count). The van der Waals surface area contributed by atoms with E-state index < -0.39 is 10.0 Å². The molecule has 6 heteroatoms. The van der Waals surface area contributed by atoms with Crippen LogP contribution in [-0.4, -0.2) is 19.9 Å². The third-order valence-corrected chi connectivity index (χ3v) is 6.35. The highest BCUT2D eigenvalue weighted by atomic mass is 32.2. The minimum atomic E-state index is -3.60. The van der Waals surface area contributed by atoms with Crippen molar-refractivity contribution in [2.75, 3.05) is 10.8 Å².